The molecule has 2 aromatic carbocycles. The molecule has 2 amide bonds. The van der Waals surface area contributed by atoms with Crippen molar-refractivity contribution in [3.8, 4) is 5.75 Å². The van der Waals surface area contributed by atoms with Gasteiger partial charge in [0.25, 0.3) is 5.91 Å². The van der Waals surface area contributed by atoms with Gasteiger partial charge in [-0.1, -0.05) is 28.9 Å². The highest BCUT2D eigenvalue weighted by Crippen LogP contribution is 2.27. The highest BCUT2D eigenvalue weighted by Gasteiger charge is 2.19. The lowest BCUT2D eigenvalue weighted by Crippen LogP contribution is -2.21. The summed E-state index contributed by atoms with van der Waals surface area (Å²) in [6, 6.07) is 10.7. The normalized spacial score (nSPS) is 10.6. The lowest BCUT2D eigenvalue weighted by Gasteiger charge is -2.11. The van der Waals surface area contributed by atoms with Crippen molar-refractivity contribution in [2.24, 2.45) is 0 Å². The molecule has 1 aromatic heterocycles. The van der Waals surface area contributed by atoms with Gasteiger partial charge < -0.3 is 15.4 Å². The number of anilines is 2. The monoisotopic (exact) mass is 427 g/mol. The molecule has 0 atom stereocenters. The highest BCUT2D eigenvalue weighted by molar-refractivity contribution is 6.31. The van der Waals surface area contributed by atoms with Crippen molar-refractivity contribution in [3.63, 3.8) is 0 Å². The minimum absolute atomic E-state index is 0.120. The molecule has 3 rings (SSSR count). The van der Waals surface area contributed by atoms with Crippen LogP contribution in [0, 0.1) is 20.8 Å². The summed E-state index contributed by atoms with van der Waals surface area (Å²) in [6.45, 7) is 5.42. The van der Waals surface area contributed by atoms with Crippen molar-refractivity contribution < 1.29 is 14.3 Å². The van der Waals surface area contributed by atoms with E-state index in [0.717, 1.165) is 11.1 Å². The summed E-state index contributed by atoms with van der Waals surface area (Å²) in [4.78, 5) is 25.1. The summed E-state index contributed by atoms with van der Waals surface area (Å²) >= 11 is 5.99. The van der Waals surface area contributed by atoms with E-state index in [2.05, 4.69) is 20.9 Å². The van der Waals surface area contributed by atoms with Crippen molar-refractivity contribution in [1.29, 1.82) is 0 Å². The van der Waals surface area contributed by atoms with Crippen LogP contribution in [0.1, 0.15) is 27.3 Å². The molecule has 0 saturated heterocycles. The molecule has 0 aliphatic carbocycles. The molecule has 0 radical (unpaired) electrons. The lowest BCUT2D eigenvalue weighted by molar-refractivity contribution is -0.117. The van der Waals surface area contributed by atoms with Gasteiger partial charge in [0.05, 0.1) is 18.5 Å². The first-order valence-electron chi connectivity index (χ1n) is 9.20. The second kappa shape index (κ2) is 8.96. The van der Waals surface area contributed by atoms with Gasteiger partial charge in [0.15, 0.2) is 5.69 Å². The fourth-order valence-corrected chi connectivity index (χ4v) is 3.05. The van der Waals surface area contributed by atoms with Crippen LogP contribution in [-0.2, 0) is 11.3 Å². The van der Waals surface area contributed by atoms with Crippen LogP contribution in [0.25, 0.3) is 0 Å². The van der Waals surface area contributed by atoms with Crippen molar-refractivity contribution in [3.05, 3.63) is 63.9 Å². The van der Waals surface area contributed by atoms with Gasteiger partial charge in [0, 0.05) is 10.7 Å². The molecule has 0 unspecified atom stereocenters. The number of amides is 2. The fraction of sp³-hybridized carbons (Fsp3) is 0.238. The second-order valence-corrected chi connectivity index (χ2v) is 7.28. The standard InChI is InChI=1S/C21H22ClN5O3/c1-12-5-6-13(2)16(9-12)24-21(29)20-14(3)27(26-25-20)11-19(28)23-17-10-15(22)7-8-18(17)30-4/h5-10H,11H2,1-4H3,(H,23,28)(H,24,29). The summed E-state index contributed by atoms with van der Waals surface area (Å²) in [5.74, 6) is -0.258. The van der Waals surface area contributed by atoms with Crippen LogP contribution in [0.2, 0.25) is 5.02 Å². The van der Waals surface area contributed by atoms with Gasteiger partial charge in [-0.25, -0.2) is 4.68 Å². The molecule has 0 bridgehead atoms. The van der Waals surface area contributed by atoms with E-state index in [1.165, 1.54) is 11.8 Å². The van der Waals surface area contributed by atoms with Crippen LogP contribution >= 0.6 is 11.6 Å². The van der Waals surface area contributed by atoms with Crippen LogP contribution in [0.5, 0.6) is 5.75 Å². The second-order valence-electron chi connectivity index (χ2n) is 6.85. The zero-order valence-corrected chi connectivity index (χ0v) is 17.9. The number of aryl methyl sites for hydroxylation is 2. The molecule has 8 nitrogen and oxygen atoms in total. The minimum Gasteiger partial charge on any atom is -0.495 e. The first-order chi connectivity index (χ1) is 14.3. The number of hydrogen-bond acceptors (Lipinski definition) is 5. The molecule has 1 heterocycles. The molecule has 0 saturated carbocycles. The molecule has 0 aliphatic heterocycles. The molecular weight excluding hydrogens is 406 g/mol. The minimum atomic E-state index is -0.385. The number of methoxy groups -OCH3 is 1. The van der Waals surface area contributed by atoms with Gasteiger partial charge in [-0.05, 0) is 56.2 Å². The maximum absolute atomic E-state index is 12.7. The maximum atomic E-state index is 12.7. The first-order valence-corrected chi connectivity index (χ1v) is 9.58. The highest BCUT2D eigenvalue weighted by atomic mass is 35.5. The molecule has 2 N–H and O–H groups in total. The van der Waals surface area contributed by atoms with Crippen LogP contribution in [0.3, 0.4) is 0 Å². The van der Waals surface area contributed by atoms with Crippen molar-refractivity contribution in [1.82, 2.24) is 15.0 Å². The van der Waals surface area contributed by atoms with Gasteiger partial charge in [-0.2, -0.15) is 0 Å². The SMILES string of the molecule is COc1ccc(Cl)cc1NC(=O)Cn1nnc(C(=O)Nc2cc(C)ccc2C)c1C. The Morgan fingerprint density at radius 2 is 1.83 bits per heavy atom. The number of nitrogens with one attached hydrogen (secondary N) is 2. The number of benzene rings is 2. The van der Waals surface area contributed by atoms with Crippen LogP contribution in [-0.4, -0.2) is 33.9 Å². The number of aromatic nitrogens is 3. The van der Waals surface area contributed by atoms with E-state index in [9.17, 15) is 9.59 Å². The Morgan fingerprint density at radius 1 is 1.07 bits per heavy atom. The molecule has 30 heavy (non-hydrogen) atoms. The quantitative estimate of drug-likeness (QED) is 0.624. The van der Waals surface area contributed by atoms with E-state index in [0.29, 0.717) is 27.8 Å². The van der Waals surface area contributed by atoms with Crippen molar-refractivity contribution in [2.75, 3.05) is 17.7 Å². The van der Waals surface area contributed by atoms with Crippen LogP contribution < -0.4 is 15.4 Å². The average molecular weight is 428 g/mol. The smallest absolute Gasteiger partial charge is 0.278 e. The van der Waals surface area contributed by atoms with Gasteiger partial charge >= 0.3 is 0 Å². The van der Waals surface area contributed by atoms with Crippen LogP contribution in [0.15, 0.2) is 36.4 Å². The average Bonchev–Trinajstić information content (AvgIpc) is 3.05. The van der Waals surface area contributed by atoms with E-state index in [1.807, 2.05) is 32.0 Å². The predicted octanol–water partition coefficient (Wildman–Crippen LogP) is 3.76. The summed E-state index contributed by atoms with van der Waals surface area (Å²) in [6.07, 6.45) is 0. The molecule has 0 fully saturated rings. The fourth-order valence-electron chi connectivity index (χ4n) is 2.88. The molecule has 156 valence electrons. The zero-order valence-electron chi connectivity index (χ0n) is 17.1. The summed E-state index contributed by atoms with van der Waals surface area (Å²) in [5, 5.41) is 13.9. The number of carbonyl (C=O) groups is 2. The number of halogens is 1. The van der Waals surface area contributed by atoms with E-state index in [-0.39, 0.29) is 24.1 Å². The Morgan fingerprint density at radius 3 is 2.57 bits per heavy atom. The Labute approximate surface area is 179 Å². The number of carbonyl (C=O) groups excluding carboxylic acids is 2. The van der Waals surface area contributed by atoms with Crippen molar-refractivity contribution >= 4 is 34.8 Å². The van der Waals surface area contributed by atoms with Gasteiger partial charge in [-0.15, -0.1) is 5.10 Å². The third-order valence-corrected chi connectivity index (χ3v) is 4.80. The third-order valence-electron chi connectivity index (χ3n) is 4.57. The Hall–Kier alpha value is -3.39. The topological polar surface area (TPSA) is 98.1 Å². The molecule has 9 heteroatoms. The largest absolute Gasteiger partial charge is 0.495 e. The van der Waals surface area contributed by atoms with Gasteiger partial charge in [0.1, 0.15) is 12.3 Å². The van der Waals surface area contributed by atoms with Crippen molar-refractivity contribution in [2.45, 2.75) is 27.3 Å². The lowest BCUT2D eigenvalue weighted by atomic mass is 10.1. The number of ether oxygens (including phenoxy) is 1. The molecule has 3 aromatic rings. The molecule has 0 spiro atoms. The number of hydrogen-bond donors (Lipinski definition) is 2. The summed E-state index contributed by atoms with van der Waals surface area (Å²) < 4.78 is 6.59. The number of rotatable bonds is 6. The van der Waals surface area contributed by atoms with Gasteiger partial charge in [-0.3, -0.25) is 9.59 Å². The van der Waals surface area contributed by atoms with E-state index < -0.39 is 0 Å². The first kappa shape index (κ1) is 21.3. The Kier molecular flexibility index (Phi) is 6.37. The van der Waals surface area contributed by atoms with E-state index >= 15 is 0 Å². The predicted molar refractivity (Wildman–Crippen MR) is 115 cm³/mol. The van der Waals surface area contributed by atoms with E-state index in [4.69, 9.17) is 16.3 Å². The zero-order chi connectivity index (χ0) is 21.8. The Bertz CT molecular complexity index is 1110. The maximum Gasteiger partial charge on any atom is 0.278 e. The van der Waals surface area contributed by atoms with E-state index in [1.54, 1.807) is 25.1 Å². The summed E-state index contributed by atoms with van der Waals surface area (Å²) in [5.41, 5.74) is 3.76. The third kappa shape index (κ3) is 4.77. The Balaban J connectivity index is 1.72. The molecular formula is C21H22ClN5O3. The summed E-state index contributed by atoms with van der Waals surface area (Å²) in [7, 11) is 1.50. The molecule has 0 aliphatic rings. The van der Waals surface area contributed by atoms with Crippen LogP contribution in [0.4, 0.5) is 11.4 Å². The van der Waals surface area contributed by atoms with Gasteiger partial charge in [0.2, 0.25) is 5.91 Å². The number of nitrogens with zero attached hydrogens (tertiary/aromatic N) is 3.